The van der Waals surface area contributed by atoms with E-state index in [1.54, 1.807) is 12.4 Å². The highest BCUT2D eigenvalue weighted by atomic mass is 16.5. The Hall–Kier alpha value is -2.50. The van der Waals surface area contributed by atoms with Crippen LogP contribution in [0.1, 0.15) is 13.3 Å². The molecule has 110 valence electrons. The van der Waals surface area contributed by atoms with E-state index in [-0.39, 0.29) is 0 Å². The van der Waals surface area contributed by atoms with E-state index >= 15 is 0 Å². The molecule has 0 amide bonds. The van der Waals surface area contributed by atoms with Gasteiger partial charge in [-0.25, -0.2) is 4.98 Å². The molecule has 1 aliphatic rings. The van der Waals surface area contributed by atoms with E-state index in [1.807, 2.05) is 25.1 Å². The molecule has 21 heavy (non-hydrogen) atoms. The second-order valence-corrected chi connectivity index (χ2v) is 4.66. The van der Waals surface area contributed by atoms with Gasteiger partial charge in [-0.15, -0.1) is 0 Å². The number of aromatic nitrogens is 2. The molecule has 0 fully saturated rings. The monoisotopic (exact) mass is 286 g/mol. The van der Waals surface area contributed by atoms with Crippen LogP contribution in [-0.4, -0.2) is 29.7 Å². The lowest BCUT2D eigenvalue weighted by Gasteiger charge is -2.11. The first-order valence-corrected chi connectivity index (χ1v) is 7.08. The summed E-state index contributed by atoms with van der Waals surface area (Å²) in [7, 11) is 0. The molecule has 0 saturated carbocycles. The Bertz CT molecular complexity index is 618. The van der Waals surface area contributed by atoms with Gasteiger partial charge in [0.2, 0.25) is 0 Å². The van der Waals surface area contributed by atoms with Gasteiger partial charge in [0.15, 0.2) is 17.3 Å². The lowest BCUT2D eigenvalue weighted by atomic mass is 10.2. The Morgan fingerprint density at radius 1 is 1.10 bits per heavy atom. The van der Waals surface area contributed by atoms with Crippen LogP contribution in [0.15, 0.2) is 30.6 Å². The Morgan fingerprint density at radius 3 is 2.76 bits per heavy atom. The lowest BCUT2D eigenvalue weighted by Crippen LogP contribution is -2.02. The van der Waals surface area contributed by atoms with Crippen LogP contribution in [0.3, 0.4) is 0 Å². The quantitative estimate of drug-likeness (QED) is 0.900. The average molecular weight is 286 g/mol. The van der Waals surface area contributed by atoms with Gasteiger partial charge in [-0.05, 0) is 19.1 Å². The highest BCUT2D eigenvalue weighted by Crippen LogP contribution is 2.33. The number of benzene rings is 1. The predicted molar refractivity (Wildman–Crippen MR) is 81.5 cm³/mol. The molecule has 6 nitrogen and oxygen atoms in total. The van der Waals surface area contributed by atoms with Gasteiger partial charge in [0.25, 0.3) is 0 Å². The van der Waals surface area contributed by atoms with E-state index in [0.717, 1.165) is 36.0 Å². The first kappa shape index (κ1) is 13.5. The SMILES string of the molecule is CCNc1cncc(Nc2ccc3c(c2)OCCCO3)n1. The van der Waals surface area contributed by atoms with Crippen LogP contribution in [0.2, 0.25) is 0 Å². The number of rotatable bonds is 4. The topological polar surface area (TPSA) is 68.3 Å². The van der Waals surface area contributed by atoms with Crippen molar-refractivity contribution >= 4 is 17.3 Å². The number of hydrogen-bond donors (Lipinski definition) is 2. The summed E-state index contributed by atoms with van der Waals surface area (Å²) in [6.07, 6.45) is 4.28. The van der Waals surface area contributed by atoms with Gasteiger partial charge in [-0.2, -0.15) is 0 Å². The summed E-state index contributed by atoms with van der Waals surface area (Å²) in [5.74, 6) is 2.97. The van der Waals surface area contributed by atoms with Crippen LogP contribution < -0.4 is 20.1 Å². The van der Waals surface area contributed by atoms with Gasteiger partial charge in [0, 0.05) is 24.7 Å². The minimum absolute atomic E-state index is 0.673. The molecule has 2 aromatic rings. The molecule has 2 heterocycles. The molecule has 0 radical (unpaired) electrons. The van der Waals surface area contributed by atoms with Gasteiger partial charge < -0.3 is 20.1 Å². The maximum atomic E-state index is 5.68. The molecular formula is C15H18N4O2. The van der Waals surface area contributed by atoms with Gasteiger partial charge >= 0.3 is 0 Å². The fourth-order valence-electron chi connectivity index (χ4n) is 2.08. The van der Waals surface area contributed by atoms with E-state index in [0.29, 0.717) is 19.0 Å². The molecule has 1 aromatic heterocycles. The third kappa shape index (κ3) is 3.34. The Balaban J connectivity index is 1.78. The van der Waals surface area contributed by atoms with Crippen molar-refractivity contribution in [2.75, 3.05) is 30.4 Å². The number of hydrogen-bond acceptors (Lipinski definition) is 6. The van der Waals surface area contributed by atoms with E-state index in [4.69, 9.17) is 9.47 Å². The van der Waals surface area contributed by atoms with Crippen LogP contribution in [0.5, 0.6) is 11.5 Å². The zero-order valence-electron chi connectivity index (χ0n) is 11.9. The molecule has 0 spiro atoms. The van der Waals surface area contributed by atoms with E-state index in [1.165, 1.54) is 0 Å². The Kier molecular flexibility index (Phi) is 4.04. The van der Waals surface area contributed by atoms with Crippen LogP contribution in [0.25, 0.3) is 0 Å². The maximum absolute atomic E-state index is 5.68. The summed E-state index contributed by atoms with van der Waals surface area (Å²) in [5, 5.41) is 6.36. The fraction of sp³-hybridized carbons (Fsp3) is 0.333. The molecule has 2 N–H and O–H groups in total. The average Bonchev–Trinajstić information content (AvgIpc) is 2.73. The van der Waals surface area contributed by atoms with Gasteiger partial charge in [0.1, 0.15) is 5.82 Å². The van der Waals surface area contributed by atoms with Crippen molar-refractivity contribution in [3.05, 3.63) is 30.6 Å². The first-order chi connectivity index (χ1) is 10.3. The Morgan fingerprint density at radius 2 is 1.90 bits per heavy atom. The minimum Gasteiger partial charge on any atom is -0.490 e. The summed E-state index contributed by atoms with van der Waals surface area (Å²) in [6.45, 7) is 4.19. The first-order valence-electron chi connectivity index (χ1n) is 7.08. The van der Waals surface area contributed by atoms with Crippen molar-refractivity contribution in [2.24, 2.45) is 0 Å². The van der Waals surface area contributed by atoms with Crippen molar-refractivity contribution in [1.29, 1.82) is 0 Å². The molecule has 0 bridgehead atoms. The molecule has 3 rings (SSSR count). The molecule has 0 atom stereocenters. The van der Waals surface area contributed by atoms with Gasteiger partial charge in [-0.3, -0.25) is 4.98 Å². The van der Waals surface area contributed by atoms with Crippen LogP contribution >= 0.6 is 0 Å². The fourth-order valence-corrected chi connectivity index (χ4v) is 2.08. The summed E-state index contributed by atoms with van der Waals surface area (Å²) >= 11 is 0. The smallest absolute Gasteiger partial charge is 0.163 e. The largest absolute Gasteiger partial charge is 0.490 e. The van der Waals surface area contributed by atoms with Crippen molar-refractivity contribution < 1.29 is 9.47 Å². The summed E-state index contributed by atoms with van der Waals surface area (Å²) in [4.78, 5) is 8.59. The van der Waals surface area contributed by atoms with Crippen LogP contribution in [0.4, 0.5) is 17.3 Å². The van der Waals surface area contributed by atoms with Crippen LogP contribution in [0, 0.1) is 0 Å². The number of nitrogens with one attached hydrogen (secondary N) is 2. The summed E-state index contributed by atoms with van der Waals surface area (Å²) in [6, 6.07) is 5.77. The molecule has 6 heteroatoms. The van der Waals surface area contributed by atoms with E-state index < -0.39 is 0 Å². The van der Waals surface area contributed by atoms with Crippen molar-refractivity contribution in [3.63, 3.8) is 0 Å². The summed E-state index contributed by atoms with van der Waals surface area (Å²) in [5.41, 5.74) is 0.891. The molecule has 0 aliphatic carbocycles. The third-order valence-corrected chi connectivity index (χ3v) is 3.01. The van der Waals surface area contributed by atoms with Crippen molar-refractivity contribution in [2.45, 2.75) is 13.3 Å². The molecule has 1 aromatic carbocycles. The number of ether oxygens (including phenoxy) is 2. The standard InChI is InChI=1S/C15H18N4O2/c1-2-17-14-9-16-10-15(19-14)18-11-4-5-12-13(8-11)21-7-3-6-20-12/h4-5,8-10H,2-3,6-7H2,1H3,(H2,17,18,19). The van der Waals surface area contributed by atoms with Crippen LogP contribution in [-0.2, 0) is 0 Å². The lowest BCUT2D eigenvalue weighted by molar-refractivity contribution is 0.297. The van der Waals surface area contributed by atoms with Crippen molar-refractivity contribution in [3.8, 4) is 11.5 Å². The number of nitrogens with zero attached hydrogens (tertiary/aromatic N) is 2. The van der Waals surface area contributed by atoms with Gasteiger partial charge in [-0.1, -0.05) is 0 Å². The number of fused-ring (bicyclic) bond motifs is 1. The molecule has 0 unspecified atom stereocenters. The zero-order chi connectivity index (χ0) is 14.5. The highest BCUT2D eigenvalue weighted by Gasteiger charge is 2.11. The van der Waals surface area contributed by atoms with Gasteiger partial charge in [0.05, 0.1) is 25.6 Å². The van der Waals surface area contributed by atoms with E-state index in [2.05, 4.69) is 20.6 Å². The maximum Gasteiger partial charge on any atom is 0.163 e. The second kappa shape index (κ2) is 6.30. The minimum atomic E-state index is 0.673. The Labute approximate surface area is 123 Å². The normalized spacial score (nSPS) is 13.4. The second-order valence-electron chi connectivity index (χ2n) is 4.66. The molecular weight excluding hydrogens is 268 g/mol. The zero-order valence-corrected chi connectivity index (χ0v) is 11.9. The highest BCUT2D eigenvalue weighted by molar-refractivity contribution is 5.61. The third-order valence-electron chi connectivity index (χ3n) is 3.01. The molecule has 1 aliphatic heterocycles. The summed E-state index contributed by atoms with van der Waals surface area (Å²) < 4.78 is 11.3. The predicted octanol–water partition coefficient (Wildman–Crippen LogP) is 2.81. The molecule has 0 saturated heterocycles. The van der Waals surface area contributed by atoms with Crippen molar-refractivity contribution in [1.82, 2.24) is 9.97 Å². The van der Waals surface area contributed by atoms with E-state index in [9.17, 15) is 0 Å². The number of anilines is 3.